The van der Waals surface area contributed by atoms with Crippen LogP contribution in [0.2, 0.25) is 0 Å². The second-order valence-electron chi connectivity index (χ2n) is 20.6. The Kier molecular flexibility index (Phi) is 21.0. The predicted octanol–water partition coefficient (Wildman–Crippen LogP) is 5.56. The van der Waals surface area contributed by atoms with E-state index in [1.165, 1.54) is 26.4 Å². The fourth-order valence-electron chi connectivity index (χ4n) is 10.7. The zero-order valence-corrected chi connectivity index (χ0v) is 51.0. The molecule has 0 radical (unpaired) electrons. The minimum absolute atomic E-state index is 0.0152. The zero-order valence-electron chi connectivity index (χ0n) is 46.9. The molecule has 7 rings (SSSR count). The smallest absolute Gasteiger partial charge is 0.311 e. The van der Waals surface area contributed by atoms with Gasteiger partial charge in [-0.2, -0.15) is 13.4 Å². The minimum atomic E-state index is -6.07. The van der Waals surface area contributed by atoms with Crippen LogP contribution in [-0.4, -0.2) is 161 Å². The number of fused-ring (bicyclic) bond motifs is 6. The summed E-state index contributed by atoms with van der Waals surface area (Å²) < 4.78 is 278. The van der Waals surface area contributed by atoms with Gasteiger partial charge in [0.15, 0.2) is 17.3 Å². The molecule has 0 amide bonds. The molecule has 5 aromatic rings. The first-order valence-electron chi connectivity index (χ1n) is 26.1. The van der Waals surface area contributed by atoms with Crippen molar-refractivity contribution in [3.8, 4) is 5.75 Å². The number of ether oxygens (including phenoxy) is 6. The van der Waals surface area contributed by atoms with E-state index in [0.717, 1.165) is 30.3 Å². The summed E-state index contributed by atoms with van der Waals surface area (Å²) in [4.78, 5) is 8.40. The average Bonchev–Trinajstić information content (AvgIpc) is 1.61. The Bertz CT molecular complexity index is 4210. The van der Waals surface area contributed by atoms with Gasteiger partial charge in [-0.3, -0.25) is 4.79 Å². The minimum Gasteiger partial charge on any atom is -0.744 e. The van der Waals surface area contributed by atoms with Crippen LogP contribution in [0, 0.1) is 23.3 Å². The van der Waals surface area contributed by atoms with E-state index in [1.807, 2.05) is 0 Å². The van der Waals surface area contributed by atoms with Gasteiger partial charge >= 0.3 is 5.97 Å². The fourth-order valence-corrected chi connectivity index (χ4v) is 13.9. The largest absolute Gasteiger partial charge is 0.744 e. The highest BCUT2D eigenvalue weighted by molar-refractivity contribution is 7.87. The summed E-state index contributed by atoms with van der Waals surface area (Å²) in [5.74, 6) is -13.6. The van der Waals surface area contributed by atoms with Gasteiger partial charge < -0.3 is 56.1 Å². The van der Waals surface area contributed by atoms with Crippen molar-refractivity contribution in [3.05, 3.63) is 107 Å². The molecule has 33 heteroatoms. The monoisotopic (exact) mass is 1320 g/mol. The maximum Gasteiger partial charge on any atom is 0.311 e. The molecule has 0 saturated heterocycles. The number of carbonyl (C=O) groups is 1. The second-order valence-corrected chi connectivity index (χ2v) is 27.3. The Morgan fingerprint density at radius 2 is 1.11 bits per heavy atom. The number of nitrogens with zero attached hydrogens (tertiary/aromatic N) is 2. The van der Waals surface area contributed by atoms with Crippen molar-refractivity contribution in [2.45, 2.75) is 88.2 Å². The topological polar surface area (TPSA) is 365 Å². The van der Waals surface area contributed by atoms with E-state index in [-0.39, 0.29) is 122 Å². The lowest BCUT2D eigenvalue weighted by atomic mass is 9.76. The molecule has 1 atom stereocenters. The fraction of sp³-hybridized carbons (Fsp3) is 0.407. The summed E-state index contributed by atoms with van der Waals surface area (Å²) in [6, 6.07) is 8.08. The molecule has 2 aliphatic heterocycles. The van der Waals surface area contributed by atoms with E-state index in [9.17, 15) is 87.2 Å². The first-order valence-corrected chi connectivity index (χ1v) is 33.2. The molecule has 476 valence electrons. The van der Waals surface area contributed by atoms with E-state index >= 15 is 0 Å². The van der Waals surface area contributed by atoms with Crippen LogP contribution in [-0.2, 0) is 89.9 Å². The van der Waals surface area contributed by atoms with Crippen molar-refractivity contribution < 1.29 is 120 Å². The molecule has 2 aliphatic rings. The normalized spacial score (nSPS) is 16.9. The highest BCUT2D eigenvalue weighted by Crippen LogP contribution is 2.55. The third kappa shape index (κ3) is 14.7. The van der Waals surface area contributed by atoms with Gasteiger partial charge in [0, 0.05) is 80.1 Å². The number of rotatable bonds is 29. The van der Waals surface area contributed by atoms with E-state index < -0.39 is 127 Å². The summed E-state index contributed by atoms with van der Waals surface area (Å²) in [6.45, 7) is 6.36. The van der Waals surface area contributed by atoms with Crippen molar-refractivity contribution >= 4 is 95.2 Å². The van der Waals surface area contributed by atoms with Crippen LogP contribution in [0.15, 0.2) is 96.9 Å². The standard InChI is InChI=1S/C54H60F4N2O22S5/c1-53(2)42(10-9-11-43-54(3,17-20-79-24-25-81-27-26-80-23-22-78-5)46-37-28-32(83(62,63)64)13-14-34(37)41(86(71,72)73)31-39(46)60(43)19-21-77-4)59(38-16-15-35-36(45(38)53)29-33(84(65,66)67)30-40(35)85(68,69)70)18-8-6-7-12-44(61)82-51-47(55)49(57)52(87(74,75)76)50(58)48(51)56/h9-11,13-16,28-31H,6-8,12,17-27H2,1-5H3,(H4-,62,63,64,65,66,67,68,69,70,71,72,73,74,75,76)/p-4. The van der Waals surface area contributed by atoms with Crippen molar-refractivity contribution in [2.24, 2.45) is 0 Å². The van der Waals surface area contributed by atoms with Gasteiger partial charge in [-0.25, -0.2) is 50.9 Å². The maximum absolute atomic E-state index is 14.7. The lowest BCUT2D eigenvalue weighted by Gasteiger charge is -2.31. The molecule has 0 aliphatic carbocycles. The van der Waals surface area contributed by atoms with E-state index in [1.54, 1.807) is 48.5 Å². The van der Waals surface area contributed by atoms with Crippen LogP contribution in [0.25, 0.3) is 21.5 Å². The van der Waals surface area contributed by atoms with Crippen LogP contribution >= 0.6 is 0 Å². The molecule has 0 saturated carbocycles. The average molecular weight is 1320 g/mol. The van der Waals surface area contributed by atoms with E-state index in [2.05, 4.69) is 4.74 Å². The summed E-state index contributed by atoms with van der Waals surface area (Å²) in [5.41, 5.74) is -1.02. The molecule has 5 aromatic carbocycles. The zero-order chi connectivity index (χ0) is 64.4. The summed E-state index contributed by atoms with van der Waals surface area (Å²) in [6.07, 6.45) is 4.21. The number of anilines is 1. The Morgan fingerprint density at radius 1 is 0.586 bits per heavy atom. The first-order chi connectivity index (χ1) is 40.5. The van der Waals surface area contributed by atoms with E-state index in [0.29, 0.717) is 30.7 Å². The van der Waals surface area contributed by atoms with Crippen molar-refractivity contribution in [3.63, 3.8) is 0 Å². The second kappa shape index (κ2) is 26.7. The molecular weight excluding hydrogens is 1260 g/mol. The van der Waals surface area contributed by atoms with Crippen LogP contribution in [0.3, 0.4) is 0 Å². The molecule has 87 heavy (non-hydrogen) atoms. The molecule has 0 spiro atoms. The number of hydrogen-bond acceptors (Lipinski definition) is 23. The molecule has 0 bridgehead atoms. The number of halogens is 4. The molecule has 2 heterocycles. The van der Waals surface area contributed by atoms with Gasteiger partial charge in [-0.15, -0.1) is 0 Å². The molecule has 0 aromatic heterocycles. The predicted molar refractivity (Wildman–Crippen MR) is 294 cm³/mol. The summed E-state index contributed by atoms with van der Waals surface area (Å²) >= 11 is 0. The third-order valence-corrected chi connectivity index (χ3v) is 18.9. The highest BCUT2D eigenvalue weighted by Gasteiger charge is 2.48. The number of hydrogen-bond donors (Lipinski definition) is 0. The van der Waals surface area contributed by atoms with Crippen molar-refractivity contribution in [1.82, 2.24) is 0 Å². The van der Waals surface area contributed by atoms with Crippen molar-refractivity contribution in [1.29, 1.82) is 0 Å². The Morgan fingerprint density at radius 3 is 1.67 bits per heavy atom. The number of benzene rings is 5. The van der Waals surface area contributed by atoms with Gasteiger partial charge in [0.1, 0.15) is 62.0 Å². The summed E-state index contributed by atoms with van der Waals surface area (Å²) in [5, 5.41) is -0.656. The number of methoxy groups -OCH3 is 2. The Balaban J connectivity index is 1.33. The van der Waals surface area contributed by atoms with Crippen molar-refractivity contribution in [2.75, 3.05) is 85.1 Å². The van der Waals surface area contributed by atoms with Crippen LogP contribution < -0.4 is 9.64 Å². The molecule has 24 nitrogen and oxygen atoms in total. The lowest BCUT2D eigenvalue weighted by molar-refractivity contribution is -0.438. The van der Waals surface area contributed by atoms with Crippen LogP contribution in [0.4, 0.5) is 28.9 Å². The number of carbonyl (C=O) groups excluding carboxylic acids is 1. The molecular formula is C54H56F4N2O22S5-4. The molecule has 1 unspecified atom stereocenters. The first kappa shape index (κ1) is 68.6. The van der Waals surface area contributed by atoms with Gasteiger partial charge in [-0.05, 0) is 104 Å². The maximum atomic E-state index is 14.7. The van der Waals surface area contributed by atoms with Crippen LogP contribution in [0.5, 0.6) is 5.75 Å². The highest BCUT2D eigenvalue weighted by atomic mass is 32.2. The summed E-state index contributed by atoms with van der Waals surface area (Å²) in [7, 11) is -24.6. The van der Waals surface area contributed by atoms with Gasteiger partial charge in [0.25, 0.3) is 0 Å². The quantitative estimate of drug-likeness (QED) is 0.0107. The van der Waals surface area contributed by atoms with E-state index in [4.69, 9.17) is 23.7 Å². The molecule has 0 fully saturated rings. The number of unbranched alkanes of at least 4 members (excludes halogenated alkanes) is 2. The Hall–Kier alpha value is -5.89. The SMILES string of the molecule is COCCOCCOCCOCCC1(C)C(=CC=CC2=[N+](CCCCCC(=O)Oc3c(F)c(F)c(S(=O)(=O)[O-])c(F)c3F)c3ccc4c(S(=O)(=O)[O-])cc(S(=O)(=O)[O-])cc4c3C2(C)C)N(CCOC)c2cc(S(=O)(=O)[O-])c3ccc(S(=O)(=O)[O-])cc3c21. The van der Waals surface area contributed by atoms with Gasteiger partial charge in [0.05, 0.1) is 71.2 Å². The third-order valence-electron chi connectivity index (χ3n) is 14.6. The lowest BCUT2D eigenvalue weighted by Crippen LogP contribution is -2.32. The van der Waals surface area contributed by atoms with Gasteiger partial charge in [0.2, 0.25) is 23.1 Å². The Labute approximate surface area is 498 Å². The molecule has 0 N–H and O–H groups in total. The van der Waals surface area contributed by atoms with Crippen LogP contribution in [0.1, 0.15) is 64.0 Å². The number of esters is 1. The number of allylic oxidation sites excluding steroid dienone is 4. The van der Waals surface area contributed by atoms with Gasteiger partial charge in [-0.1, -0.05) is 12.1 Å².